The molecule has 0 bridgehead atoms. The minimum absolute atomic E-state index is 0.356. The number of ether oxygens (including phenoxy) is 1. The smallest absolute Gasteiger partial charge is 0.339 e. The average molecular weight is 354 g/mol. The lowest BCUT2D eigenvalue weighted by Crippen LogP contribution is -2.42. The largest absolute Gasteiger partial charge is 0.444 e. The first-order valence-corrected chi connectivity index (χ1v) is 8.33. The maximum absolute atomic E-state index is 12.5. The van der Waals surface area contributed by atoms with Gasteiger partial charge < -0.3 is 10.1 Å². The van der Waals surface area contributed by atoms with Crippen molar-refractivity contribution in [2.45, 2.75) is 26.9 Å². The molecule has 0 aliphatic heterocycles. The van der Waals surface area contributed by atoms with Gasteiger partial charge in [0.25, 0.3) is 5.91 Å². The van der Waals surface area contributed by atoms with E-state index in [2.05, 4.69) is 10.6 Å². The Morgan fingerprint density at radius 2 is 1.62 bits per heavy atom. The van der Waals surface area contributed by atoms with Crippen LogP contribution in [0.4, 0.5) is 4.79 Å². The van der Waals surface area contributed by atoms with E-state index in [1.807, 2.05) is 19.9 Å². The summed E-state index contributed by atoms with van der Waals surface area (Å²) in [6, 6.07) is 13.3. The summed E-state index contributed by atoms with van der Waals surface area (Å²) in [4.78, 5) is 36.7. The van der Waals surface area contributed by atoms with Crippen molar-refractivity contribution in [1.29, 1.82) is 0 Å². The lowest BCUT2D eigenvalue weighted by Gasteiger charge is -2.18. The third kappa shape index (κ3) is 5.17. The Bertz CT molecular complexity index is 782. The van der Waals surface area contributed by atoms with E-state index >= 15 is 0 Å². The van der Waals surface area contributed by atoms with Gasteiger partial charge in [0.2, 0.25) is 6.10 Å². The van der Waals surface area contributed by atoms with Crippen LogP contribution >= 0.6 is 0 Å². The summed E-state index contributed by atoms with van der Waals surface area (Å²) >= 11 is 0. The number of aryl methyl sites for hydroxylation is 2. The van der Waals surface area contributed by atoms with Crippen LogP contribution < -0.4 is 10.6 Å². The molecular formula is C20H22N2O4. The molecule has 0 fully saturated rings. The van der Waals surface area contributed by atoms with Crippen molar-refractivity contribution in [3.05, 3.63) is 70.8 Å². The second-order valence-electron chi connectivity index (χ2n) is 5.92. The molecule has 26 heavy (non-hydrogen) atoms. The van der Waals surface area contributed by atoms with Gasteiger partial charge >= 0.3 is 12.0 Å². The van der Waals surface area contributed by atoms with E-state index in [-0.39, 0.29) is 0 Å². The lowest BCUT2D eigenvalue weighted by molar-refractivity contribution is -0.129. The zero-order valence-corrected chi connectivity index (χ0v) is 15.0. The summed E-state index contributed by atoms with van der Waals surface area (Å²) in [5.41, 5.74) is 2.67. The van der Waals surface area contributed by atoms with Crippen molar-refractivity contribution in [2.75, 3.05) is 6.54 Å². The minimum atomic E-state index is -1.23. The first-order chi connectivity index (χ1) is 12.4. The van der Waals surface area contributed by atoms with Crippen molar-refractivity contribution in [3.8, 4) is 0 Å². The molecule has 2 aromatic rings. The number of imide groups is 1. The summed E-state index contributed by atoms with van der Waals surface area (Å²) in [6.07, 6.45) is -1.23. The first-order valence-electron chi connectivity index (χ1n) is 8.33. The maximum atomic E-state index is 12.5. The number of amides is 3. The third-order valence-electron chi connectivity index (χ3n) is 3.60. The lowest BCUT2D eigenvalue weighted by atomic mass is 10.1. The molecule has 6 heteroatoms. The van der Waals surface area contributed by atoms with Crippen LogP contribution in [0.2, 0.25) is 0 Å². The normalized spacial score (nSPS) is 11.3. The Hall–Kier alpha value is -3.15. The van der Waals surface area contributed by atoms with Gasteiger partial charge in [0.1, 0.15) is 0 Å². The van der Waals surface area contributed by atoms with E-state index in [1.165, 1.54) is 0 Å². The predicted octanol–water partition coefficient (Wildman–Crippen LogP) is 3.05. The molecule has 0 saturated heterocycles. The van der Waals surface area contributed by atoms with Gasteiger partial charge in [-0.3, -0.25) is 10.1 Å². The number of benzene rings is 2. The second-order valence-corrected chi connectivity index (χ2v) is 5.92. The number of nitrogens with one attached hydrogen (secondary N) is 2. The Morgan fingerprint density at radius 1 is 1.00 bits per heavy atom. The van der Waals surface area contributed by atoms with Gasteiger partial charge in [0, 0.05) is 12.1 Å². The Morgan fingerprint density at radius 3 is 2.19 bits per heavy atom. The van der Waals surface area contributed by atoms with Gasteiger partial charge in [-0.15, -0.1) is 0 Å². The van der Waals surface area contributed by atoms with Crippen LogP contribution in [0.1, 0.15) is 40.1 Å². The summed E-state index contributed by atoms with van der Waals surface area (Å²) in [6.45, 7) is 5.86. The molecule has 6 nitrogen and oxygen atoms in total. The van der Waals surface area contributed by atoms with Gasteiger partial charge in [-0.1, -0.05) is 47.5 Å². The highest BCUT2D eigenvalue weighted by Crippen LogP contribution is 2.20. The van der Waals surface area contributed by atoms with Crippen LogP contribution in [0, 0.1) is 13.8 Å². The standard InChI is InChI=1S/C20H22N2O4/c1-4-21-20(25)22-18(23)17(15-8-6-5-7-9-15)26-19(24)16-11-13(2)10-14(3)12-16/h5-12,17H,4H2,1-3H3,(H2,21,22,23,25)/t17-/m1/s1. The van der Waals surface area contributed by atoms with Crippen LogP contribution in [-0.4, -0.2) is 24.5 Å². The molecule has 0 aromatic heterocycles. The van der Waals surface area contributed by atoms with Crippen LogP contribution in [0.3, 0.4) is 0 Å². The molecule has 2 aromatic carbocycles. The highest BCUT2D eigenvalue weighted by Gasteiger charge is 2.27. The molecule has 136 valence electrons. The molecule has 0 spiro atoms. The minimum Gasteiger partial charge on any atom is -0.444 e. The molecule has 2 N–H and O–H groups in total. The molecule has 3 amide bonds. The maximum Gasteiger partial charge on any atom is 0.339 e. The first kappa shape index (κ1) is 19.2. The predicted molar refractivity (Wildman–Crippen MR) is 97.7 cm³/mol. The highest BCUT2D eigenvalue weighted by molar-refractivity contribution is 5.99. The van der Waals surface area contributed by atoms with Gasteiger partial charge in [0.05, 0.1) is 5.56 Å². The van der Waals surface area contributed by atoms with Gasteiger partial charge in [0.15, 0.2) is 0 Å². The number of carbonyl (C=O) groups excluding carboxylic acids is 3. The summed E-state index contributed by atoms with van der Waals surface area (Å²) in [7, 11) is 0. The fourth-order valence-electron chi connectivity index (χ4n) is 2.55. The Labute approximate surface area is 152 Å². The Kier molecular flexibility index (Phi) is 6.49. The fourth-order valence-corrected chi connectivity index (χ4v) is 2.55. The van der Waals surface area contributed by atoms with Crippen molar-refractivity contribution in [1.82, 2.24) is 10.6 Å². The number of carbonyl (C=O) groups is 3. The van der Waals surface area contributed by atoms with Crippen molar-refractivity contribution in [2.24, 2.45) is 0 Å². The number of esters is 1. The molecule has 0 heterocycles. The number of urea groups is 1. The van der Waals surface area contributed by atoms with E-state index in [4.69, 9.17) is 4.74 Å². The van der Waals surface area contributed by atoms with E-state index in [1.54, 1.807) is 49.4 Å². The third-order valence-corrected chi connectivity index (χ3v) is 3.60. The summed E-state index contributed by atoms with van der Waals surface area (Å²) in [5, 5.41) is 4.66. The van der Waals surface area contributed by atoms with Crippen LogP contribution in [0.25, 0.3) is 0 Å². The number of hydrogen-bond acceptors (Lipinski definition) is 4. The topological polar surface area (TPSA) is 84.5 Å². The second kappa shape index (κ2) is 8.80. The molecule has 0 aliphatic carbocycles. The van der Waals surface area contributed by atoms with Crippen molar-refractivity contribution >= 4 is 17.9 Å². The quantitative estimate of drug-likeness (QED) is 0.808. The van der Waals surface area contributed by atoms with Gasteiger partial charge in [-0.05, 0) is 32.9 Å². The zero-order chi connectivity index (χ0) is 19.1. The van der Waals surface area contributed by atoms with Crippen molar-refractivity contribution < 1.29 is 19.1 Å². The summed E-state index contributed by atoms with van der Waals surface area (Å²) < 4.78 is 5.44. The Balaban J connectivity index is 2.25. The zero-order valence-electron chi connectivity index (χ0n) is 15.0. The molecule has 2 rings (SSSR count). The van der Waals surface area contributed by atoms with E-state index in [0.29, 0.717) is 17.7 Å². The van der Waals surface area contributed by atoms with Crippen LogP contribution in [0.5, 0.6) is 0 Å². The number of hydrogen-bond donors (Lipinski definition) is 2. The molecule has 1 atom stereocenters. The van der Waals surface area contributed by atoms with Gasteiger partial charge in [-0.2, -0.15) is 0 Å². The number of rotatable bonds is 5. The van der Waals surface area contributed by atoms with Crippen LogP contribution in [0.15, 0.2) is 48.5 Å². The van der Waals surface area contributed by atoms with E-state index < -0.39 is 24.0 Å². The van der Waals surface area contributed by atoms with Crippen LogP contribution in [-0.2, 0) is 9.53 Å². The average Bonchev–Trinajstić information content (AvgIpc) is 2.59. The highest BCUT2D eigenvalue weighted by atomic mass is 16.5. The van der Waals surface area contributed by atoms with Crippen molar-refractivity contribution in [3.63, 3.8) is 0 Å². The van der Waals surface area contributed by atoms with E-state index in [0.717, 1.165) is 11.1 Å². The molecule has 0 radical (unpaired) electrons. The fraction of sp³-hybridized carbons (Fsp3) is 0.250. The molecule has 0 aliphatic rings. The molecule has 0 unspecified atom stereocenters. The van der Waals surface area contributed by atoms with Gasteiger partial charge in [-0.25, -0.2) is 9.59 Å². The SMILES string of the molecule is CCNC(=O)NC(=O)[C@H](OC(=O)c1cc(C)cc(C)c1)c1ccccc1. The molecular weight excluding hydrogens is 332 g/mol. The monoisotopic (exact) mass is 354 g/mol. The molecule has 0 saturated carbocycles. The summed E-state index contributed by atoms with van der Waals surface area (Å²) in [5.74, 6) is -1.34. The van der Waals surface area contributed by atoms with E-state index in [9.17, 15) is 14.4 Å².